The van der Waals surface area contributed by atoms with Crippen LogP contribution in [0.5, 0.6) is 0 Å². The zero-order valence-electron chi connectivity index (χ0n) is 7.19. The van der Waals surface area contributed by atoms with Crippen LogP contribution < -0.4 is 0 Å². The summed E-state index contributed by atoms with van der Waals surface area (Å²) in [7, 11) is 1.61. The van der Waals surface area contributed by atoms with Crippen LogP contribution in [0.25, 0.3) is 0 Å². The molecule has 4 nitrogen and oxygen atoms in total. The number of fused-ring (bicyclic) bond motifs is 1. The predicted octanol–water partition coefficient (Wildman–Crippen LogP) is 1.53. The molecule has 0 unspecified atom stereocenters. The fraction of sp³-hybridized carbons (Fsp3) is 0.571. The van der Waals surface area contributed by atoms with Gasteiger partial charge in [0.1, 0.15) is 17.2 Å². The summed E-state index contributed by atoms with van der Waals surface area (Å²) in [6, 6.07) is 0. The Hall–Kier alpha value is -0.200. The molecule has 14 heavy (non-hydrogen) atoms. The van der Waals surface area contributed by atoms with Gasteiger partial charge in [-0.05, 0) is 0 Å². The average molecular weight is 254 g/mol. The van der Waals surface area contributed by atoms with Gasteiger partial charge in [-0.15, -0.1) is 0 Å². The molecule has 0 saturated carbocycles. The Labute approximate surface area is 90.4 Å². The average Bonchev–Trinajstić information content (AvgIpc) is 2.47. The van der Waals surface area contributed by atoms with Crippen LogP contribution in [-0.2, 0) is 27.0 Å². The van der Waals surface area contributed by atoms with Crippen molar-refractivity contribution >= 4 is 31.5 Å². The number of halogens is 1. The van der Waals surface area contributed by atoms with E-state index in [1.165, 1.54) is 0 Å². The second-order valence-corrected chi connectivity index (χ2v) is 6.90. The van der Waals surface area contributed by atoms with Gasteiger partial charge in [0.2, 0.25) is 9.05 Å². The van der Waals surface area contributed by atoms with E-state index in [9.17, 15) is 8.42 Å². The summed E-state index contributed by atoms with van der Waals surface area (Å²) < 4.78 is 26.8. The van der Waals surface area contributed by atoms with Crippen LogP contribution in [0.1, 0.15) is 17.0 Å². The number of aryl methyl sites for hydroxylation is 1. The van der Waals surface area contributed by atoms with Gasteiger partial charge in [0.25, 0.3) is 0 Å². The molecule has 0 amide bonds. The van der Waals surface area contributed by atoms with Crippen molar-refractivity contribution in [3.05, 3.63) is 17.0 Å². The second-order valence-electron chi connectivity index (χ2n) is 3.02. The second kappa shape index (κ2) is 3.75. The number of hydrogen-bond donors (Lipinski definition) is 0. The molecule has 7 heteroatoms. The fourth-order valence-corrected chi connectivity index (χ4v) is 3.23. The van der Waals surface area contributed by atoms with Gasteiger partial charge in [-0.1, -0.05) is 5.16 Å². The molecule has 0 aliphatic carbocycles. The molecule has 78 valence electrons. The normalized spacial score (nSPS) is 16.6. The van der Waals surface area contributed by atoms with Gasteiger partial charge in [0.15, 0.2) is 0 Å². The molecule has 0 aromatic carbocycles. The SMILES string of the molecule is O=S(=O)(Cl)Cc1noc2c1CSCC2. The molecule has 0 fully saturated rings. The highest BCUT2D eigenvalue weighted by Gasteiger charge is 2.22. The lowest BCUT2D eigenvalue weighted by atomic mass is 10.2. The Morgan fingerprint density at radius 1 is 1.57 bits per heavy atom. The first-order valence-corrected chi connectivity index (χ1v) is 7.66. The van der Waals surface area contributed by atoms with E-state index in [2.05, 4.69) is 5.16 Å². The maximum atomic E-state index is 10.9. The van der Waals surface area contributed by atoms with E-state index in [0.29, 0.717) is 5.69 Å². The first-order chi connectivity index (χ1) is 6.56. The summed E-state index contributed by atoms with van der Waals surface area (Å²) in [5, 5.41) is 3.73. The quantitative estimate of drug-likeness (QED) is 0.748. The molecule has 2 rings (SSSR count). The van der Waals surface area contributed by atoms with E-state index in [0.717, 1.165) is 29.3 Å². The van der Waals surface area contributed by atoms with Gasteiger partial charge in [0.05, 0.1) is 0 Å². The topological polar surface area (TPSA) is 60.2 Å². The van der Waals surface area contributed by atoms with Crippen LogP contribution in [0, 0.1) is 0 Å². The summed E-state index contributed by atoms with van der Waals surface area (Å²) in [5.41, 5.74) is 1.37. The van der Waals surface area contributed by atoms with E-state index >= 15 is 0 Å². The molecule has 0 saturated heterocycles. The van der Waals surface area contributed by atoms with E-state index in [1.807, 2.05) is 0 Å². The van der Waals surface area contributed by atoms with Crippen molar-refractivity contribution in [3.63, 3.8) is 0 Å². The van der Waals surface area contributed by atoms with Crippen LogP contribution in [0.15, 0.2) is 4.52 Å². The first kappa shape index (κ1) is 10.3. The molecule has 1 aromatic rings. The summed E-state index contributed by atoms with van der Waals surface area (Å²) in [6.45, 7) is 0. The lowest BCUT2D eigenvalue weighted by Crippen LogP contribution is -2.03. The molecular formula is C7H8ClNO3S2. The van der Waals surface area contributed by atoms with Crippen molar-refractivity contribution in [3.8, 4) is 0 Å². The van der Waals surface area contributed by atoms with E-state index < -0.39 is 9.05 Å². The number of rotatable bonds is 2. The largest absolute Gasteiger partial charge is 0.361 e. The molecule has 2 heterocycles. The minimum atomic E-state index is -3.54. The minimum absolute atomic E-state index is 0.242. The number of thioether (sulfide) groups is 1. The summed E-state index contributed by atoms with van der Waals surface area (Å²) in [5.74, 6) is 2.32. The van der Waals surface area contributed by atoms with Crippen molar-refractivity contribution < 1.29 is 12.9 Å². The molecule has 0 N–H and O–H groups in total. The van der Waals surface area contributed by atoms with Gasteiger partial charge in [-0.3, -0.25) is 0 Å². The van der Waals surface area contributed by atoms with Crippen LogP contribution >= 0.6 is 22.4 Å². The zero-order valence-corrected chi connectivity index (χ0v) is 9.58. The number of aromatic nitrogens is 1. The summed E-state index contributed by atoms with van der Waals surface area (Å²) in [6.07, 6.45) is 0.815. The maximum absolute atomic E-state index is 10.9. The first-order valence-electron chi connectivity index (χ1n) is 4.02. The van der Waals surface area contributed by atoms with Crippen molar-refractivity contribution in [1.29, 1.82) is 0 Å². The van der Waals surface area contributed by atoms with Crippen molar-refractivity contribution in [2.45, 2.75) is 17.9 Å². The Bertz CT molecular complexity index is 440. The lowest BCUT2D eigenvalue weighted by molar-refractivity contribution is 0.381. The Morgan fingerprint density at radius 2 is 2.36 bits per heavy atom. The van der Waals surface area contributed by atoms with E-state index in [1.54, 1.807) is 11.8 Å². The van der Waals surface area contributed by atoms with Crippen molar-refractivity contribution in [2.24, 2.45) is 0 Å². The van der Waals surface area contributed by atoms with E-state index in [-0.39, 0.29) is 5.75 Å². The van der Waals surface area contributed by atoms with Crippen LogP contribution in [0.3, 0.4) is 0 Å². The van der Waals surface area contributed by atoms with E-state index in [4.69, 9.17) is 15.2 Å². The Morgan fingerprint density at radius 3 is 3.07 bits per heavy atom. The maximum Gasteiger partial charge on any atom is 0.238 e. The summed E-state index contributed by atoms with van der Waals surface area (Å²) >= 11 is 1.74. The van der Waals surface area contributed by atoms with Crippen LogP contribution in [0.2, 0.25) is 0 Å². The highest BCUT2D eigenvalue weighted by molar-refractivity contribution is 8.13. The minimum Gasteiger partial charge on any atom is -0.361 e. The monoisotopic (exact) mass is 253 g/mol. The van der Waals surface area contributed by atoms with Crippen molar-refractivity contribution in [1.82, 2.24) is 5.16 Å². The summed E-state index contributed by atoms with van der Waals surface area (Å²) in [4.78, 5) is 0. The van der Waals surface area contributed by atoms with Crippen molar-refractivity contribution in [2.75, 3.05) is 5.75 Å². The molecule has 0 radical (unpaired) electrons. The molecule has 1 aromatic heterocycles. The highest BCUT2D eigenvalue weighted by atomic mass is 35.7. The standard InChI is InChI=1S/C7H8ClNO3S2/c8-14(10,11)4-6-5-3-13-2-1-7(5)12-9-6/h1-4H2. The van der Waals surface area contributed by atoms with Crippen LogP contribution in [-0.4, -0.2) is 19.3 Å². The molecule has 1 aliphatic heterocycles. The van der Waals surface area contributed by atoms with Gasteiger partial charge in [0, 0.05) is 34.2 Å². The van der Waals surface area contributed by atoms with Crippen LogP contribution in [0.4, 0.5) is 0 Å². The molecule has 0 spiro atoms. The number of nitrogens with zero attached hydrogens (tertiary/aromatic N) is 1. The van der Waals surface area contributed by atoms with Gasteiger partial charge < -0.3 is 4.52 Å². The van der Waals surface area contributed by atoms with Gasteiger partial charge >= 0.3 is 0 Å². The molecule has 1 aliphatic rings. The smallest absolute Gasteiger partial charge is 0.238 e. The third kappa shape index (κ3) is 2.24. The number of hydrogen-bond acceptors (Lipinski definition) is 5. The molecular weight excluding hydrogens is 246 g/mol. The Balaban J connectivity index is 2.31. The lowest BCUT2D eigenvalue weighted by Gasteiger charge is -2.08. The fourth-order valence-electron chi connectivity index (χ4n) is 1.36. The Kier molecular flexibility index (Phi) is 2.77. The third-order valence-electron chi connectivity index (χ3n) is 1.98. The van der Waals surface area contributed by atoms with Gasteiger partial charge in [-0.2, -0.15) is 11.8 Å². The van der Waals surface area contributed by atoms with Gasteiger partial charge in [-0.25, -0.2) is 8.42 Å². The third-order valence-corrected chi connectivity index (χ3v) is 3.91. The molecule has 0 bridgehead atoms. The zero-order chi connectivity index (χ0) is 10.2. The molecule has 0 atom stereocenters. The highest BCUT2D eigenvalue weighted by Crippen LogP contribution is 2.28. The predicted molar refractivity (Wildman–Crippen MR) is 54.8 cm³/mol.